The number of nitrogens with one attached hydrogen (secondary N) is 4. The van der Waals surface area contributed by atoms with Gasteiger partial charge in [0, 0.05) is 17.3 Å². The highest BCUT2D eigenvalue weighted by Gasteiger charge is 2.49. The van der Waals surface area contributed by atoms with Gasteiger partial charge in [-0.2, -0.15) is 0 Å². The topological polar surface area (TPSA) is 453 Å². The number of aryl methyl sites for hydroxylation is 4. The minimum Gasteiger partial charge on any atom is -0.388 e. The molecule has 4 fully saturated rings. The van der Waals surface area contributed by atoms with E-state index in [0.29, 0.717) is 92.2 Å². The number of H-pyrrole nitrogens is 4. The predicted molar refractivity (Wildman–Crippen MR) is 470 cm³/mol. The molecule has 0 radical (unpaired) electrons. The summed E-state index contributed by atoms with van der Waals surface area (Å²) in [5.74, 6) is 5.03. The Morgan fingerprint density at radius 3 is 0.807 bits per heavy atom. The minimum absolute atomic E-state index is 0.204. The van der Waals surface area contributed by atoms with E-state index in [2.05, 4.69) is 159 Å². The summed E-state index contributed by atoms with van der Waals surface area (Å²) in [7, 11) is 0. The Hall–Kier alpha value is -4.48. The fourth-order valence-electron chi connectivity index (χ4n) is 13.4. The smallest absolute Gasteiger partial charge is 0.279 e. The first kappa shape index (κ1) is 93.4. The number of rotatable bonds is 30. The van der Waals surface area contributed by atoms with Crippen LogP contribution in [0, 0.1) is 27.7 Å². The first-order valence-electron chi connectivity index (χ1n) is 38.7. The molecular formula is C74H120N16O16P4S4. The fraction of sp³-hybridized carbons (Fsp3) is 0.676. The van der Waals surface area contributed by atoms with Gasteiger partial charge in [-0.3, -0.25) is 37.4 Å². The Labute approximate surface area is 682 Å². The van der Waals surface area contributed by atoms with E-state index in [1.807, 2.05) is 6.92 Å². The molecule has 0 amide bonds. The number of aromatic nitrogens is 16. The molecule has 0 bridgehead atoms. The predicted octanol–water partition coefficient (Wildman–Crippen LogP) is 7.37. The zero-order chi connectivity index (χ0) is 84.0. The number of unbranched alkanes of at least 4 members (excludes halogenated alkanes) is 3. The molecule has 4 saturated heterocycles. The summed E-state index contributed by atoms with van der Waals surface area (Å²) in [5.41, 5.74) is 1.01. The number of aliphatic hydroxyl groups is 8. The van der Waals surface area contributed by atoms with E-state index in [0.717, 1.165) is 86.2 Å². The van der Waals surface area contributed by atoms with Crippen molar-refractivity contribution >= 4 is 144 Å². The highest BCUT2D eigenvalue weighted by Crippen LogP contribution is 2.46. The quantitative estimate of drug-likeness (QED) is 0.0119. The zero-order valence-electron chi connectivity index (χ0n) is 68.4. The molecule has 8 aromatic heterocycles. The molecule has 0 saturated carbocycles. The van der Waals surface area contributed by atoms with Crippen LogP contribution in [0.5, 0.6) is 0 Å². The number of nitrogens with zero attached hydrogens (tertiary/aromatic N) is 12. The van der Waals surface area contributed by atoms with Crippen molar-refractivity contribution in [3.8, 4) is 0 Å². The molecule has 0 aromatic carbocycles. The van der Waals surface area contributed by atoms with Gasteiger partial charge in [-0.15, -0.1) is 52.7 Å². The molecule has 16 atom stereocenters. The minimum atomic E-state index is -1.28. The van der Waals surface area contributed by atoms with E-state index < -0.39 is 126 Å². The van der Waals surface area contributed by atoms with Crippen LogP contribution in [0.2, 0.25) is 0 Å². The van der Waals surface area contributed by atoms with Crippen molar-refractivity contribution < 1.29 is 59.8 Å². The van der Waals surface area contributed by atoms with Gasteiger partial charge in [0.2, 0.25) is 0 Å². The van der Waals surface area contributed by atoms with Gasteiger partial charge in [0.25, 0.3) is 22.2 Å². The van der Waals surface area contributed by atoms with Crippen LogP contribution < -0.4 is 22.2 Å². The monoisotopic (exact) mass is 1740 g/mol. The van der Waals surface area contributed by atoms with E-state index in [-0.39, 0.29) is 44.3 Å². The largest absolute Gasteiger partial charge is 0.388 e. The third-order valence-electron chi connectivity index (χ3n) is 19.4. The molecule has 40 heteroatoms. The van der Waals surface area contributed by atoms with Gasteiger partial charge in [0.15, 0.2) is 90.2 Å². The summed E-state index contributed by atoms with van der Waals surface area (Å²) in [4.78, 5) is 95.7. The van der Waals surface area contributed by atoms with Gasteiger partial charge in [-0.05, 0) is 156 Å². The van der Waals surface area contributed by atoms with Crippen molar-refractivity contribution in [3.63, 3.8) is 0 Å². The van der Waals surface area contributed by atoms with Crippen LogP contribution in [0.4, 0.5) is 0 Å². The maximum atomic E-state index is 12.4. The van der Waals surface area contributed by atoms with Gasteiger partial charge in [-0.25, -0.2) is 39.9 Å². The number of hydrogen-bond donors (Lipinski definition) is 12. The summed E-state index contributed by atoms with van der Waals surface area (Å²) < 4.78 is 31.0. The first-order valence-corrected chi connectivity index (χ1v) is 54.9. The molecule has 4 aliphatic heterocycles. The lowest BCUT2D eigenvalue weighted by atomic mass is 10.1. The molecule has 32 nitrogen and oxygen atoms in total. The van der Waals surface area contributed by atoms with Gasteiger partial charge < -0.3 is 79.7 Å². The average molecular weight is 1740 g/mol. The lowest BCUT2D eigenvalue weighted by Crippen LogP contribution is -2.32. The van der Waals surface area contributed by atoms with E-state index in [4.69, 9.17) is 18.9 Å². The summed E-state index contributed by atoms with van der Waals surface area (Å²) in [5, 5.41) is 87.5. The highest BCUT2D eigenvalue weighted by molar-refractivity contribution is 7.99. The van der Waals surface area contributed by atoms with Crippen molar-refractivity contribution in [1.29, 1.82) is 0 Å². The molecule has 12 heterocycles. The van der Waals surface area contributed by atoms with Crippen molar-refractivity contribution in [2.75, 3.05) is 101 Å². The Balaban J connectivity index is 0.000000174. The first-order chi connectivity index (χ1) is 53.5. The molecular weight excluding hydrogens is 1620 g/mol. The SMILES string of the molecule is C=P(C)(C)CC[C@H]1OC(n2c(SCC)nc3c(=O)[nH]c(C)nc32)[C@H](O)[C@@H]1O.C=P(C)(C)CC[C@H]1OC(n2c(SCCC)nc3c(=O)[nH]c(C)nc32)[C@H](O)[C@@H]1O.C=P(C)(C)CC[C@H]1OC(n2c(SCCCC)nc3c(=O)[nH]c(C)nc32)[C@H](O)[C@@H]1O.C=P(C)(C)CC[C@H]1OC(n2c(SCCCCC)nc3c(=O)[nH]c(C)nc32)[C@H](O)[C@@H]1O. The lowest BCUT2D eigenvalue weighted by Gasteiger charge is -2.20. The van der Waals surface area contributed by atoms with Crippen molar-refractivity contribution in [2.45, 2.75) is 238 Å². The summed E-state index contributed by atoms with van der Waals surface area (Å²) >= 11 is 5.93. The van der Waals surface area contributed by atoms with Crippen LogP contribution in [-0.4, -0.2) is 318 Å². The van der Waals surface area contributed by atoms with Gasteiger partial charge in [-0.1, -0.05) is 94.0 Å². The van der Waals surface area contributed by atoms with E-state index in [9.17, 15) is 60.0 Å². The summed E-state index contributed by atoms with van der Waals surface area (Å²) in [6.45, 7) is 27.0. The average Bonchev–Trinajstić information content (AvgIpc) is 1.62. The van der Waals surface area contributed by atoms with Crippen molar-refractivity contribution in [3.05, 3.63) is 64.7 Å². The maximum absolute atomic E-state index is 12.4. The Bertz CT molecular complexity index is 5080. The standard InChI is InChI=1S/C20H33N4O4PS.C19H31N4O4PS.C18H29N4O4PS.C17H27N4O4PS/c1-6-7-8-11-30-20-23-14-17(21-12(2)22-18(14)27)24(20)19-16(26)15(25)13(28-19)9-10-29(3,4)5;1-6-7-10-29-19-22-13-16(20-11(2)21-17(13)26)23(19)18-15(25)14(24)12(27-18)8-9-28(3,4)5;1-6-9-28-18-21-12-15(19-10(2)20-16(12)25)22(18)17-14(24)13(23)11(26-17)7-8-27(3,4)5;1-6-27-17-20-11-14(18-9(2)19-15(11)24)21(17)16-13(23)12(22)10(25-16)7-8-26(3,4)5/h13,15-16,19,25-26H,3,6-11H2,1-2,4-5H3,(H,21,22,27);12,14-15,18,24-25H,3,6-10H2,1-2,4-5H3,(H,20,21,26);11,13-14,17,23-24H,3,6-9H2,1-2,4-5H3,(H,19,20,25);10,12-13,16,22-23H,3,6-8H2,1-2,4-5H3,(H,18,19,24)/t13-,15-,16-,19?;12-,14-,15-,18?;11-,13-,14-,17?;10-,12-,13-,16?/m1111/s1. The molecule has 4 aliphatic rings. The fourth-order valence-corrected chi connectivity index (χ4v) is 20.9. The highest BCUT2D eigenvalue weighted by atomic mass is 32.2. The Kier molecular flexibility index (Phi) is 32.6. The Morgan fingerprint density at radius 1 is 0.342 bits per heavy atom. The molecule has 12 N–H and O–H groups in total. The van der Waals surface area contributed by atoms with Crippen LogP contribution in [-0.2, 0) is 18.9 Å². The van der Waals surface area contributed by atoms with Crippen molar-refractivity contribution in [1.82, 2.24) is 78.1 Å². The molecule has 4 unspecified atom stereocenters. The number of imidazole rings is 4. The van der Waals surface area contributed by atoms with Crippen LogP contribution in [0.25, 0.3) is 44.7 Å². The maximum Gasteiger partial charge on any atom is 0.279 e. The number of fused-ring (bicyclic) bond motifs is 4. The third-order valence-corrected chi connectivity index (χ3v) is 29.4. The van der Waals surface area contributed by atoms with Gasteiger partial charge in [0.1, 0.15) is 72.1 Å². The second kappa shape index (κ2) is 39.8. The van der Waals surface area contributed by atoms with Crippen molar-refractivity contribution in [2.24, 2.45) is 0 Å². The molecule has 114 heavy (non-hydrogen) atoms. The van der Waals surface area contributed by atoms with E-state index in [1.165, 1.54) is 47.0 Å². The zero-order valence-corrected chi connectivity index (χ0v) is 75.3. The molecule has 0 aliphatic carbocycles. The van der Waals surface area contributed by atoms with E-state index in [1.54, 1.807) is 46.0 Å². The molecule has 0 spiro atoms. The second-order valence-corrected chi connectivity index (χ2v) is 54.1. The van der Waals surface area contributed by atoms with Crippen LogP contribution in [0.15, 0.2) is 39.8 Å². The molecule has 636 valence electrons. The van der Waals surface area contributed by atoms with Crippen LogP contribution in [0.3, 0.4) is 0 Å². The number of hydrogen-bond acceptors (Lipinski definition) is 28. The normalized spacial score (nSPS) is 25.4. The number of aliphatic hydroxyl groups excluding tert-OH is 8. The van der Waals surface area contributed by atoms with Gasteiger partial charge >= 0.3 is 0 Å². The third kappa shape index (κ3) is 23.2. The summed E-state index contributed by atoms with van der Waals surface area (Å²) in [6.07, 6.45) is 15.0. The summed E-state index contributed by atoms with van der Waals surface area (Å²) in [6, 6.07) is 0. The Morgan fingerprint density at radius 2 is 0.579 bits per heavy atom. The lowest BCUT2D eigenvalue weighted by molar-refractivity contribution is -0.0400. The molecule has 12 rings (SSSR count). The number of thioether (sulfide) groups is 4. The number of aromatic amines is 4. The van der Waals surface area contributed by atoms with Gasteiger partial charge in [0.05, 0.1) is 24.4 Å². The van der Waals surface area contributed by atoms with Crippen LogP contribution in [0.1, 0.15) is 140 Å². The second-order valence-electron chi connectivity index (χ2n) is 32.4. The van der Waals surface area contributed by atoms with Crippen LogP contribution >= 0.6 is 74.6 Å². The number of ether oxygens (including phenoxy) is 4. The van der Waals surface area contributed by atoms with E-state index >= 15 is 0 Å². The molecule has 8 aromatic rings.